The van der Waals surface area contributed by atoms with Crippen molar-refractivity contribution in [3.8, 4) is 11.8 Å². The number of nitrogens with zero attached hydrogens (tertiary/aromatic N) is 1. The molecule has 0 saturated carbocycles. The van der Waals surface area contributed by atoms with E-state index in [1.54, 1.807) is 6.07 Å². The summed E-state index contributed by atoms with van der Waals surface area (Å²) in [6.07, 6.45) is 0. The predicted octanol–water partition coefficient (Wildman–Crippen LogP) is 2.06. The fraction of sp³-hybridized carbons (Fsp3) is 0.0667. The number of hydrogen-bond acceptors (Lipinski definition) is 4. The molecule has 6 nitrogen and oxygen atoms in total. The molecule has 2 rings (SSSR count). The van der Waals surface area contributed by atoms with Crippen LogP contribution in [0.4, 0.5) is 10.1 Å². The van der Waals surface area contributed by atoms with Crippen LogP contribution in [-0.4, -0.2) is 19.9 Å². The maximum atomic E-state index is 13.3. The van der Waals surface area contributed by atoms with Crippen LogP contribution in [0.3, 0.4) is 0 Å². The van der Waals surface area contributed by atoms with Gasteiger partial charge in [-0.15, -0.1) is 0 Å². The molecule has 0 aromatic heterocycles. The van der Waals surface area contributed by atoms with Crippen molar-refractivity contribution < 1.29 is 17.7 Å². The topological polar surface area (TPSA) is 89.3 Å². The molecule has 0 spiro atoms. The Hall–Kier alpha value is -2.76. The van der Waals surface area contributed by atoms with Crippen molar-refractivity contribution in [1.29, 1.82) is 0 Å². The fourth-order valence-electron chi connectivity index (χ4n) is 1.68. The van der Waals surface area contributed by atoms with E-state index in [0.29, 0.717) is 0 Å². The maximum absolute atomic E-state index is 13.3. The van der Waals surface area contributed by atoms with E-state index in [-0.39, 0.29) is 22.7 Å². The molecule has 0 atom stereocenters. The lowest BCUT2D eigenvalue weighted by Gasteiger charge is -2.03. The summed E-state index contributed by atoms with van der Waals surface area (Å²) >= 11 is 0. The Morgan fingerprint density at radius 2 is 1.91 bits per heavy atom. The van der Waals surface area contributed by atoms with Crippen LogP contribution in [0, 0.1) is 27.8 Å². The second-order valence-electron chi connectivity index (χ2n) is 4.36. The predicted molar refractivity (Wildman–Crippen MR) is 81.6 cm³/mol. The number of non-ortho nitro benzene ring substituents is 1. The van der Waals surface area contributed by atoms with Crippen molar-refractivity contribution in [2.24, 2.45) is 0 Å². The molecule has 2 aromatic rings. The monoisotopic (exact) mass is 334 g/mol. The normalized spacial score (nSPS) is 10.7. The molecule has 0 amide bonds. The van der Waals surface area contributed by atoms with Gasteiger partial charge >= 0.3 is 0 Å². The van der Waals surface area contributed by atoms with E-state index in [1.807, 2.05) is 0 Å². The second kappa shape index (κ2) is 7.00. The van der Waals surface area contributed by atoms with E-state index < -0.39 is 20.8 Å². The fourth-order valence-corrected chi connectivity index (χ4v) is 2.64. The number of nitrogens with one attached hydrogen (secondary N) is 1. The van der Waals surface area contributed by atoms with Crippen LogP contribution >= 0.6 is 0 Å². The Labute approximate surface area is 132 Å². The van der Waals surface area contributed by atoms with Crippen molar-refractivity contribution in [3.63, 3.8) is 0 Å². The number of nitro groups is 1. The van der Waals surface area contributed by atoms with Crippen LogP contribution in [-0.2, 0) is 10.0 Å². The Balaban J connectivity index is 2.10. The minimum atomic E-state index is -3.93. The molecular weight excluding hydrogens is 323 g/mol. The van der Waals surface area contributed by atoms with Crippen LogP contribution in [0.2, 0.25) is 0 Å². The number of nitro benzene ring substituents is 1. The summed E-state index contributed by atoms with van der Waals surface area (Å²) in [7, 11) is -3.93. The highest BCUT2D eigenvalue weighted by atomic mass is 32.2. The molecule has 0 radical (unpaired) electrons. The molecule has 0 fully saturated rings. The summed E-state index contributed by atoms with van der Waals surface area (Å²) in [6.45, 7) is -0.251. The molecule has 118 valence electrons. The molecule has 8 heteroatoms. The van der Waals surface area contributed by atoms with Crippen molar-refractivity contribution >= 4 is 15.7 Å². The first-order chi connectivity index (χ1) is 10.9. The summed E-state index contributed by atoms with van der Waals surface area (Å²) in [5.74, 6) is 4.50. The van der Waals surface area contributed by atoms with E-state index >= 15 is 0 Å². The van der Waals surface area contributed by atoms with Gasteiger partial charge < -0.3 is 0 Å². The van der Waals surface area contributed by atoms with Gasteiger partial charge in [0.25, 0.3) is 5.69 Å². The highest BCUT2D eigenvalue weighted by molar-refractivity contribution is 7.89. The first-order valence-corrected chi connectivity index (χ1v) is 7.86. The van der Waals surface area contributed by atoms with Crippen LogP contribution in [0.25, 0.3) is 0 Å². The summed E-state index contributed by atoms with van der Waals surface area (Å²) in [5.41, 5.74) is -0.174. The van der Waals surface area contributed by atoms with E-state index in [2.05, 4.69) is 16.6 Å². The third-order valence-electron chi connectivity index (χ3n) is 2.79. The minimum absolute atomic E-state index is 0.155. The second-order valence-corrected chi connectivity index (χ2v) is 6.13. The van der Waals surface area contributed by atoms with Crippen molar-refractivity contribution in [2.75, 3.05) is 6.54 Å². The molecular formula is C15H11FN2O4S. The van der Waals surface area contributed by atoms with Crippen molar-refractivity contribution in [2.45, 2.75) is 4.90 Å². The van der Waals surface area contributed by atoms with Gasteiger partial charge in [0.05, 0.1) is 21.9 Å². The highest BCUT2D eigenvalue weighted by Gasteiger charge is 2.16. The third kappa shape index (κ3) is 4.35. The largest absolute Gasteiger partial charge is 0.270 e. The number of benzene rings is 2. The molecule has 0 saturated heterocycles. The standard InChI is InChI=1S/C15H11FN2O4S/c16-15-9-2-1-5-12(15)6-4-10-17-23(21,22)14-8-3-7-13(11-14)18(19)20/h1-3,5,7-9,11,17H,10H2. The lowest BCUT2D eigenvalue weighted by molar-refractivity contribution is -0.385. The smallest absolute Gasteiger partial charge is 0.258 e. The number of halogens is 1. The van der Waals surface area contributed by atoms with E-state index in [9.17, 15) is 22.9 Å². The number of hydrogen-bond donors (Lipinski definition) is 1. The first kappa shape index (κ1) is 16.6. The number of rotatable bonds is 4. The molecule has 2 aromatic carbocycles. The average Bonchev–Trinajstić information content (AvgIpc) is 2.53. The number of sulfonamides is 1. The van der Waals surface area contributed by atoms with Crippen molar-refractivity contribution in [3.05, 3.63) is 70.0 Å². The van der Waals surface area contributed by atoms with Crippen LogP contribution in [0.15, 0.2) is 53.4 Å². The molecule has 0 aliphatic rings. The van der Waals surface area contributed by atoms with Crippen LogP contribution in [0.5, 0.6) is 0 Å². The van der Waals surface area contributed by atoms with Gasteiger partial charge in [0, 0.05) is 12.1 Å². The Bertz CT molecular complexity index is 901. The van der Waals surface area contributed by atoms with Gasteiger partial charge in [-0.3, -0.25) is 10.1 Å². The summed E-state index contributed by atoms with van der Waals surface area (Å²) in [4.78, 5) is 9.74. The van der Waals surface area contributed by atoms with Gasteiger partial charge in [0.15, 0.2) is 0 Å². The zero-order valence-corrected chi connectivity index (χ0v) is 12.5. The Morgan fingerprint density at radius 3 is 2.61 bits per heavy atom. The third-order valence-corrected chi connectivity index (χ3v) is 4.19. The first-order valence-electron chi connectivity index (χ1n) is 6.38. The van der Waals surface area contributed by atoms with Crippen molar-refractivity contribution in [1.82, 2.24) is 4.72 Å². The minimum Gasteiger partial charge on any atom is -0.258 e. The van der Waals surface area contributed by atoms with Crippen LogP contribution in [0.1, 0.15) is 5.56 Å². The molecule has 0 bridgehead atoms. The lowest BCUT2D eigenvalue weighted by atomic mass is 10.2. The van der Waals surface area contributed by atoms with Crippen LogP contribution < -0.4 is 4.72 Å². The zero-order chi connectivity index (χ0) is 16.9. The van der Waals surface area contributed by atoms with E-state index in [0.717, 1.165) is 6.07 Å². The molecule has 0 unspecified atom stereocenters. The SMILES string of the molecule is O=[N+]([O-])c1cccc(S(=O)(=O)NCC#Cc2ccccc2F)c1. The summed E-state index contributed by atoms with van der Waals surface area (Å²) in [5, 5.41) is 10.7. The van der Waals surface area contributed by atoms with Gasteiger partial charge in [-0.25, -0.2) is 12.8 Å². The van der Waals surface area contributed by atoms with Gasteiger partial charge in [0.1, 0.15) is 5.82 Å². The van der Waals surface area contributed by atoms with E-state index in [4.69, 9.17) is 0 Å². The highest BCUT2D eigenvalue weighted by Crippen LogP contribution is 2.16. The van der Waals surface area contributed by atoms with Gasteiger partial charge in [-0.05, 0) is 18.2 Å². The Kier molecular flexibility index (Phi) is 5.05. The van der Waals surface area contributed by atoms with Gasteiger partial charge in [-0.2, -0.15) is 4.72 Å². The zero-order valence-electron chi connectivity index (χ0n) is 11.7. The average molecular weight is 334 g/mol. The lowest BCUT2D eigenvalue weighted by Crippen LogP contribution is -2.24. The molecule has 1 N–H and O–H groups in total. The molecule has 0 aliphatic heterocycles. The summed E-state index contributed by atoms with van der Waals surface area (Å²) in [6, 6.07) is 10.5. The molecule has 0 aliphatic carbocycles. The maximum Gasteiger partial charge on any atom is 0.270 e. The van der Waals surface area contributed by atoms with Gasteiger partial charge in [0.2, 0.25) is 10.0 Å². The molecule has 23 heavy (non-hydrogen) atoms. The molecule has 0 heterocycles. The quantitative estimate of drug-likeness (QED) is 0.526. The van der Waals surface area contributed by atoms with Gasteiger partial charge in [-0.1, -0.05) is 30.0 Å². The van der Waals surface area contributed by atoms with E-state index in [1.165, 1.54) is 36.4 Å². The Morgan fingerprint density at radius 1 is 1.17 bits per heavy atom. The summed E-state index contributed by atoms with van der Waals surface area (Å²) < 4.78 is 39.5.